The molecule has 0 radical (unpaired) electrons. The molecule has 1 aliphatic heterocycles. The minimum atomic E-state index is 0.00921. The standard InChI is InChI=1S/C29H26N10O/c40-24(13-17-6-10-30-11-7-17)34-19-14-18(15-31-16-19)21-4-5-23-26(35-21)27(39-38-23)29-36-25-20(8-12-33-28(25)37-29)22-3-1-2-9-32-22/h1-5,8-9,12,14-17,30H,6-7,10-11,13H2,(H,34,40)(H,38,39)(H,33,36,37). The maximum Gasteiger partial charge on any atom is 0.224 e. The van der Waals surface area contributed by atoms with Crippen LogP contribution in [-0.4, -0.2) is 59.1 Å². The predicted octanol–water partition coefficient (Wildman–Crippen LogP) is 4.35. The van der Waals surface area contributed by atoms with Crippen molar-refractivity contribution >= 4 is 33.8 Å². The molecule has 11 nitrogen and oxygen atoms in total. The van der Waals surface area contributed by atoms with Crippen LogP contribution in [0.1, 0.15) is 19.3 Å². The van der Waals surface area contributed by atoms with Crippen molar-refractivity contribution in [3.63, 3.8) is 0 Å². The van der Waals surface area contributed by atoms with Gasteiger partial charge in [0, 0.05) is 36.1 Å². The highest BCUT2D eigenvalue weighted by Crippen LogP contribution is 2.30. The first-order valence-electron chi connectivity index (χ1n) is 13.3. The second-order valence-corrected chi connectivity index (χ2v) is 9.93. The van der Waals surface area contributed by atoms with E-state index in [9.17, 15) is 4.79 Å². The van der Waals surface area contributed by atoms with Crippen molar-refractivity contribution in [1.29, 1.82) is 0 Å². The molecule has 11 heteroatoms. The Morgan fingerprint density at radius 2 is 1.88 bits per heavy atom. The lowest BCUT2D eigenvalue weighted by atomic mass is 9.94. The molecule has 6 aromatic rings. The Morgan fingerprint density at radius 1 is 0.950 bits per heavy atom. The highest BCUT2D eigenvalue weighted by molar-refractivity contribution is 5.95. The van der Waals surface area contributed by atoms with Gasteiger partial charge in [0.15, 0.2) is 17.2 Å². The van der Waals surface area contributed by atoms with Crippen LogP contribution < -0.4 is 10.6 Å². The van der Waals surface area contributed by atoms with Gasteiger partial charge in [0.2, 0.25) is 5.91 Å². The number of H-pyrrole nitrogens is 2. The van der Waals surface area contributed by atoms with Gasteiger partial charge in [-0.3, -0.25) is 19.9 Å². The van der Waals surface area contributed by atoms with Crippen LogP contribution in [0, 0.1) is 5.92 Å². The number of nitrogens with one attached hydrogen (secondary N) is 4. The molecule has 198 valence electrons. The molecule has 7 rings (SSSR count). The third kappa shape index (κ3) is 4.67. The normalized spacial score (nSPS) is 14.1. The molecule has 1 amide bonds. The van der Waals surface area contributed by atoms with Crippen molar-refractivity contribution in [3.05, 3.63) is 67.3 Å². The molecule has 6 aromatic heterocycles. The highest BCUT2D eigenvalue weighted by atomic mass is 16.1. The zero-order chi connectivity index (χ0) is 26.9. The Hall–Kier alpha value is -5.03. The van der Waals surface area contributed by atoms with Crippen LogP contribution in [0.3, 0.4) is 0 Å². The number of aromatic amines is 2. The molecule has 0 aromatic carbocycles. The molecule has 1 saturated heterocycles. The van der Waals surface area contributed by atoms with E-state index in [0.29, 0.717) is 51.9 Å². The van der Waals surface area contributed by atoms with Gasteiger partial charge in [0.05, 0.1) is 28.8 Å². The average molecular weight is 531 g/mol. The Balaban J connectivity index is 1.19. The van der Waals surface area contributed by atoms with E-state index in [1.165, 1.54) is 0 Å². The summed E-state index contributed by atoms with van der Waals surface area (Å²) in [5.41, 5.74) is 7.22. The number of carbonyl (C=O) groups excluding carboxylic acids is 1. The topological polar surface area (TPSA) is 150 Å². The number of imidazole rings is 1. The number of nitrogens with zero attached hydrogens (tertiary/aromatic N) is 6. The third-order valence-electron chi connectivity index (χ3n) is 7.21. The Kier molecular flexibility index (Phi) is 6.17. The van der Waals surface area contributed by atoms with Gasteiger partial charge in [-0.2, -0.15) is 5.10 Å². The fraction of sp³-hybridized carbons (Fsp3) is 0.207. The molecule has 4 N–H and O–H groups in total. The van der Waals surface area contributed by atoms with E-state index in [-0.39, 0.29) is 5.91 Å². The molecule has 0 spiro atoms. The smallest absolute Gasteiger partial charge is 0.224 e. The van der Waals surface area contributed by atoms with E-state index in [4.69, 9.17) is 9.97 Å². The quantitative estimate of drug-likeness (QED) is 0.248. The van der Waals surface area contributed by atoms with E-state index in [1.54, 1.807) is 24.8 Å². The summed E-state index contributed by atoms with van der Waals surface area (Å²) in [7, 11) is 0. The van der Waals surface area contributed by atoms with Gasteiger partial charge >= 0.3 is 0 Å². The van der Waals surface area contributed by atoms with E-state index < -0.39 is 0 Å². The largest absolute Gasteiger partial charge is 0.325 e. The van der Waals surface area contributed by atoms with Crippen molar-refractivity contribution in [2.45, 2.75) is 19.3 Å². The van der Waals surface area contributed by atoms with Gasteiger partial charge in [-0.15, -0.1) is 0 Å². The number of pyridine rings is 4. The molecule has 0 aliphatic carbocycles. The van der Waals surface area contributed by atoms with Crippen LogP contribution in [0.5, 0.6) is 0 Å². The fourth-order valence-electron chi connectivity index (χ4n) is 5.18. The second kappa shape index (κ2) is 10.3. The fourth-order valence-corrected chi connectivity index (χ4v) is 5.18. The molecule has 40 heavy (non-hydrogen) atoms. The molecule has 0 unspecified atom stereocenters. The minimum absolute atomic E-state index is 0.00921. The summed E-state index contributed by atoms with van der Waals surface area (Å²) in [6.07, 6.45) is 9.45. The molecular formula is C29H26N10O. The first-order valence-corrected chi connectivity index (χ1v) is 13.3. The number of carbonyl (C=O) groups is 1. The maximum absolute atomic E-state index is 12.7. The number of hydrogen-bond acceptors (Lipinski definition) is 8. The summed E-state index contributed by atoms with van der Waals surface area (Å²) in [5, 5.41) is 13.9. The number of anilines is 1. The minimum Gasteiger partial charge on any atom is -0.325 e. The number of aromatic nitrogens is 8. The number of hydrogen-bond donors (Lipinski definition) is 4. The number of piperidine rings is 1. The SMILES string of the molecule is O=C(CC1CCNCC1)Nc1cncc(-c2ccc3[nH]nc(-c4nc5c(-c6ccccn6)ccnc5[nH]4)c3n2)c1. The predicted molar refractivity (Wildman–Crippen MR) is 152 cm³/mol. The molecule has 0 saturated carbocycles. The molecule has 1 aliphatic rings. The van der Waals surface area contributed by atoms with Crippen molar-refractivity contribution in [3.8, 4) is 34.0 Å². The van der Waals surface area contributed by atoms with Crippen LogP contribution in [0.15, 0.2) is 67.3 Å². The summed E-state index contributed by atoms with van der Waals surface area (Å²) < 4.78 is 0. The van der Waals surface area contributed by atoms with Gasteiger partial charge in [-0.05, 0) is 68.2 Å². The van der Waals surface area contributed by atoms with Gasteiger partial charge < -0.3 is 15.6 Å². The Bertz CT molecular complexity index is 1820. The lowest BCUT2D eigenvalue weighted by Crippen LogP contribution is -2.30. The number of fused-ring (bicyclic) bond motifs is 2. The van der Waals surface area contributed by atoms with E-state index in [2.05, 4.69) is 40.8 Å². The van der Waals surface area contributed by atoms with E-state index in [1.807, 2.05) is 42.5 Å². The van der Waals surface area contributed by atoms with Crippen molar-refractivity contribution in [1.82, 2.24) is 45.4 Å². The van der Waals surface area contributed by atoms with Gasteiger partial charge in [0.1, 0.15) is 11.0 Å². The average Bonchev–Trinajstić information content (AvgIpc) is 3.62. The lowest BCUT2D eigenvalue weighted by molar-refractivity contribution is -0.117. The monoisotopic (exact) mass is 530 g/mol. The molecular weight excluding hydrogens is 504 g/mol. The van der Waals surface area contributed by atoms with Crippen molar-refractivity contribution < 1.29 is 4.79 Å². The summed E-state index contributed by atoms with van der Waals surface area (Å²) in [6.45, 7) is 1.93. The maximum atomic E-state index is 12.7. The lowest BCUT2D eigenvalue weighted by Gasteiger charge is -2.21. The van der Waals surface area contributed by atoms with E-state index in [0.717, 1.165) is 48.3 Å². The molecule has 0 bridgehead atoms. The molecule has 7 heterocycles. The van der Waals surface area contributed by atoms with Crippen LogP contribution >= 0.6 is 0 Å². The van der Waals surface area contributed by atoms with Crippen LogP contribution in [0.2, 0.25) is 0 Å². The molecule has 0 atom stereocenters. The van der Waals surface area contributed by atoms with Gasteiger partial charge in [0.25, 0.3) is 0 Å². The first-order chi connectivity index (χ1) is 19.7. The van der Waals surface area contributed by atoms with Crippen molar-refractivity contribution in [2.24, 2.45) is 5.92 Å². The van der Waals surface area contributed by atoms with Crippen molar-refractivity contribution in [2.75, 3.05) is 18.4 Å². The summed E-state index contributed by atoms with van der Waals surface area (Å²) in [4.78, 5) is 39.0. The highest BCUT2D eigenvalue weighted by Gasteiger charge is 2.19. The number of rotatable bonds is 6. The third-order valence-corrected chi connectivity index (χ3v) is 7.21. The van der Waals surface area contributed by atoms with Gasteiger partial charge in [-0.25, -0.2) is 15.0 Å². The Labute approximate surface area is 228 Å². The van der Waals surface area contributed by atoms with Crippen LogP contribution in [0.4, 0.5) is 5.69 Å². The van der Waals surface area contributed by atoms with E-state index >= 15 is 0 Å². The summed E-state index contributed by atoms with van der Waals surface area (Å²) in [6, 6.07) is 13.4. The zero-order valence-electron chi connectivity index (χ0n) is 21.6. The summed E-state index contributed by atoms with van der Waals surface area (Å²) in [5.74, 6) is 0.975. The Morgan fingerprint density at radius 3 is 2.75 bits per heavy atom. The zero-order valence-corrected chi connectivity index (χ0v) is 21.6. The number of amides is 1. The summed E-state index contributed by atoms with van der Waals surface area (Å²) >= 11 is 0. The molecule has 1 fully saturated rings. The second-order valence-electron chi connectivity index (χ2n) is 9.93. The van der Waals surface area contributed by atoms with Crippen LogP contribution in [-0.2, 0) is 4.79 Å². The van der Waals surface area contributed by atoms with Gasteiger partial charge in [-0.1, -0.05) is 6.07 Å². The van der Waals surface area contributed by atoms with Crippen LogP contribution in [0.25, 0.3) is 56.2 Å². The first kappa shape index (κ1) is 24.0.